The predicted molar refractivity (Wildman–Crippen MR) is 119 cm³/mol. The van der Waals surface area contributed by atoms with E-state index in [1.54, 1.807) is 30.5 Å². The van der Waals surface area contributed by atoms with E-state index >= 15 is 0 Å². The molecular weight excluding hydrogens is 499 g/mol. The Kier molecular flexibility index (Phi) is 8.45. The number of aromatic nitrogens is 3. The number of nitrogens with zero attached hydrogens (tertiary/aromatic N) is 4. The molecule has 0 radical (unpaired) electrons. The highest BCUT2D eigenvalue weighted by molar-refractivity contribution is 14.0. The van der Waals surface area contributed by atoms with Crippen molar-refractivity contribution >= 4 is 52.9 Å². The second-order valence-corrected chi connectivity index (χ2v) is 6.98. The van der Waals surface area contributed by atoms with E-state index in [2.05, 4.69) is 36.1 Å². The first-order valence-corrected chi connectivity index (χ1v) is 9.34. The van der Waals surface area contributed by atoms with E-state index in [1.165, 1.54) is 0 Å². The molecule has 0 aliphatic heterocycles. The minimum absolute atomic E-state index is 0. The van der Waals surface area contributed by atoms with Crippen LogP contribution in [0.5, 0.6) is 0 Å². The summed E-state index contributed by atoms with van der Waals surface area (Å²) in [6.07, 6.45) is 0.838. The van der Waals surface area contributed by atoms with Gasteiger partial charge in [-0.1, -0.05) is 28.9 Å². The van der Waals surface area contributed by atoms with Gasteiger partial charge in [0.05, 0.1) is 17.2 Å². The van der Waals surface area contributed by atoms with Gasteiger partial charge in [0.2, 0.25) is 11.7 Å². The molecule has 0 atom stereocenters. The smallest absolute Gasteiger partial charge is 0.246 e. The van der Waals surface area contributed by atoms with Crippen LogP contribution in [0.25, 0.3) is 11.4 Å². The Hall–Kier alpha value is -1.72. The summed E-state index contributed by atoms with van der Waals surface area (Å²) in [5.74, 6) is 1.64. The van der Waals surface area contributed by atoms with Crippen molar-refractivity contribution in [3.05, 3.63) is 51.3 Å². The van der Waals surface area contributed by atoms with Gasteiger partial charge in [-0.3, -0.25) is 4.99 Å². The quantitative estimate of drug-likeness (QED) is 0.294. The van der Waals surface area contributed by atoms with Crippen LogP contribution in [0.15, 0.2) is 39.2 Å². The molecule has 2 heterocycles. The molecule has 0 saturated heterocycles. The van der Waals surface area contributed by atoms with Crippen molar-refractivity contribution in [2.24, 2.45) is 4.99 Å². The first kappa shape index (κ1) is 21.6. The van der Waals surface area contributed by atoms with E-state index in [9.17, 15) is 0 Å². The lowest BCUT2D eigenvalue weighted by Gasteiger charge is -2.09. The lowest BCUT2D eigenvalue weighted by Crippen LogP contribution is -2.37. The monoisotopic (exact) mass is 518 g/mol. The van der Waals surface area contributed by atoms with E-state index in [0.717, 1.165) is 29.2 Å². The van der Waals surface area contributed by atoms with Crippen LogP contribution < -0.4 is 10.6 Å². The summed E-state index contributed by atoms with van der Waals surface area (Å²) < 4.78 is 5.27. The van der Waals surface area contributed by atoms with Gasteiger partial charge in [0.1, 0.15) is 0 Å². The van der Waals surface area contributed by atoms with Crippen molar-refractivity contribution in [3.63, 3.8) is 0 Å². The number of rotatable bonds is 6. The number of halogens is 2. The van der Waals surface area contributed by atoms with Crippen LogP contribution in [0.3, 0.4) is 0 Å². The van der Waals surface area contributed by atoms with E-state index in [-0.39, 0.29) is 24.0 Å². The number of hydrogen-bond donors (Lipinski definition) is 2. The van der Waals surface area contributed by atoms with Crippen molar-refractivity contribution < 1.29 is 4.52 Å². The highest BCUT2D eigenvalue weighted by Crippen LogP contribution is 2.19. The van der Waals surface area contributed by atoms with Crippen molar-refractivity contribution in [3.8, 4) is 11.4 Å². The lowest BCUT2D eigenvalue weighted by atomic mass is 10.2. The SMILES string of the molecule is CN=C(NCCc1csc(C)n1)NCc1nc(-c2cccc(Cl)c2)no1.I. The largest absolute Gasteiger partial charge is 0.356 e. The fourth-order valence-corrected chi connectivity index (χ4v) is 3.12. The molecule has 10 heteroatoms. The van der Waals surface area contributed by atoms with Crippen LogP contribution >= 0.6 is 46.9 Å². The lowest BCUT2D eigenvalue weighted by molar-refractivity contribution is 0.375. The van der Waals surface area contributed by atoms with Crippen LogP contribution in [0.1, 0.15) is 16.6 Å². The molecule has 0 aliphatic carbocycles. The highest BCUT2D eigenvalue weighted by atomic mass is 127. The molecule has 0 saturated carbocycles. The van der Waals surface area contributed by atoms with E-state index in [0.29, 0.717) is 29.2 Å². The first-order valence-electron chi connectivity index (χ1n) is 8.08. The first-order chi connectivity index (χ1) is 12.6. The molecule has 27 heavy (non-hydrogen) atoms. The highest BCUT2D eigenvalue weighted by Gasteiger charge is 2.09. The number of aliphatic imine (C=N–C) groups is 1. The Morgan fingerprint density at radius 2 is 2.15 bits per heavy atom. The van der Waals surface area contributed by atoms with Gasteiger partial charge in [-0.15, -0.1) is 35.3 Å². The molecule has 7 nitrogen and oxygen atoms in total. The molecule has 2 N–H and O–H groups in total. The maximum Gasteiger partial charge on any atom is 0.246 e. The van der Waals surface area contributed by atoms with Crippen LogP contribution in [0, 0.1) is 6.92 Å². The second kappa shape index (κ2) is 10.6. The molecule has 0 bridgehead atoms. The Labute approximate surface area is 183 Å². The van der Waals surface area contributed by atoms with E-state index in [1.807, 2.05) is 19.1 Å². The summed E-state index contributed by atoms with van der Waals surface area (Å²) in [6, 6.07) is 7.33. The molecule has 0 spiro atoms. The van der Waals surface area contributed by atoms with Gasteiger partial charge >= 0.3 is 0 Å². The van der Waals surface area contributed by atoms with Gasteiger partial charge in [-0.25, -0.2) is 4.98 Å². The Bertz CT molecular complexity index is 897. The maximum atomic E-state index is 5.99. The predicted octanol–water partition coefficient (Wildman–Crippen LogP) is 3.68. The number of benzene rings is 1. The third-order valence-electron chi connectivity index (χ3n) is 3.52. The van der Waals surface area contributed by atoms with Gasteiger partial charge in [-0.05, 0) is 19.1 Å². The normalized spacial score (nSPS) is 11.1. The number of thiazole rings is 1. The molecular formula is C17H20ClIN6OS. The molecule has 1 aromatic carbocycles. The molecule has 0 amide bonds. The van der Waals surface area contributed by atoms with Crippen molar-refractivity contribution in [1.82, 2.24) is 25.8 Å². The molecule has 0 unspecified atom stereocenters. The number of hydrogen-bond acceptors (Lipinski definition) is 6. The fraction of sp³-hybridized carbons (Fsp3) is 0.294. The zero-order valence-electron chi connectivity index (χ0n) is 14.9. The van der Waals surface area contributed by atoms with Gasteiger partial charge in [0.15, 0.2) is 5.96 Å². The Morgan fingerprint density at radius 3 is 2.85 bits per heavy atom. The van der Waals surface area contributed by atoms with Crippen LogP contribution in [0.4, 0.5) is 0 Å². The van der Waals surface area contributed by atoms with Gasteiger partial charge in [0.25, 0.3) is 0 Å². The Balaban J connectivity index is 0.00000261. The van der Waals surface area contributed by atoms with Crippen molar-refractivity contribution in [2.75, 3.05) is 13.6 Å². The van der Waals surface area contributed by atoms with Gasteiger partial charge in [0, 0.05) is 36.0 Å². The average molecular weight is 519 g/mol. The van der Waals surface area contributed by atoms with Gasteiger partial charge < -0.3 is 15.2 Å². The third kappa shape index (κ3) is 6.43. The number of aryl methyl sites for hydroxylation is 1. The summed E-state index contributed by atoms with van der Waals surface area (Å²) in [4.78, 5) is 13.0. The number of guanidine groups is 1. The molecule has 3 aromatic rings. The molecule has 144 valence electrons. The van der Waals surface area contributed by atoms with Crippen molar-refractivity contribution in [2.45, 2.75) is 19.9 Å². The topological polar surface area (TPSA) is 88.2 Å². The van der Waals surface area contributed by atoms with Crippen LogP contribution in [0.2, 0.25) is 5.02 Å². The van der Waals surface area contributed by atoms with E-state index < -0.39 is 0 Å². The summed E-state index contributed by atoms with van der Waals surface area (Å²) in [5.41, 5.74) is 1.90. The maximum absolute atomic E-state index is 5.99. The molecule has 2 aromatic heterocycles. The zero-order valence-corrected chi connectivity index (χ0v) is 18.8. The van der Waals surface area contributed by atoms with Crippen LogP contribution in [-0.4, -0.2) is 34.7 Å². The standard InChI is InChI=1S/C17H19ClN6OS.HI/c1-11-22-14(10-26-11)6-7-20-17(19-2)21-9-15-23-16(24-25-15)12-4-3-5-13(18)8-12;/h3-5,8,10H,6-7,9H2,1-2H3,(H2,19,20,21);1H. The average Bonchev–Trinajstić information content (AvgIpc) is 3.27. The van der Waals surface area contributed by atoms with Crippen molar-refractivity contribution in [1.29, 1.82) is 0 Å². The Morgan fingerprint density at radius 1 is 1.30 bits per heavy atom. The molecule has 3 rings (SSSR count). The second-order valence-electron chi connectivity index (χ2n) is 5.48. The third-order valence-corrected chi connectivity index (χ3v) is 4.58. The molecule has 0 fully saturated rings. The summed E-state index contributed by atoms with van der Waals surface area (Å²) in [7, 11) is 1.72. The summed E-state index contributed by atoms with van der Waals surface area (Å²) >= 11 is 7.65. The minimum Gasteiger partial charge on any atom is -0.356 e. The minimum atomic E-state index is 0. The zero-order chi connectivity index (χ0) is 18.4. The molecule has 0 aliphatic rings. The fourth-order valence-electron chi connectivity index (χ4n) is 2.28. The van der Waals surface area contributed by atoms with E-state index in [4.69, 9.17) is 16.1 Å². The summed E-state index contributed by atoms with van der Waals surface area (Å²) in [5, 5.41) is 14.2. The number of nitrogens with one attached hydrogen (secondary N) is 2. The summed E-state index contributed by atoms with van der Waals surface area (Å²) in [6.45, 7) is 3.12. The van der Waals surface area contributed by atoms with Crippen LogP contribution in [-0.2, 0) is 13.0 Å². The van der Waals surface area contributed by atoms with Gasteiger partial charge in [-0.2, -0.15) is 4.98 Å².